The van der Waals surface area contributed by atoms with Crippen LogP contribution in [-0.4, -0.2) is 18.0 Å². The second-order valence-corrected chi connectivity index (χ2v) is 9.81. The molecule has 140 valence electrons. The molecule has 1 saturated heterocycles. The molecule has 5 rings (SSSR count). The molecule has 4 fully saturated rings. The van der Waals surface area contributed by atoms with Gasteiger partial charge in [0, 0.05) is 11.8 Å². The summed E-state index contributed by atoms with van der Waals surface area (Å²) in [6.45, 7) is 12.1. The van der Waals surface area contributed by atoms with Crippen LogP contribution in [0.25, 0.3) is 0 Å². The Bertz CT molecular complexity index is 703. The fourth-order valence-corrected chi connectivity index (χ4v) is 8.08. The number of carbonyl (C=O) groups excluding carboxylic acids is 1. The van der Waals surface area contributed by atoms with Crippen LogP contribution in [0.3, 0.4) is 0 Å². The Labute approximate surface area is 157 Å². The zero-order chi connectivity index (χ0) is 18.1. The van der Waals surface area contributed by atoms with E-state index in [1.807, 2.05) is 6.08 Å². The van der Waals surface area contributed by atoms with Gasteiger partial charge in [-0.1, -0.05) is 25.2 Å². The van der Waals surface area contributed by atoms with Crippen molar-refractivity contribution in [2.24, 2.45) is 35.0 Å². The summed E-state index contributed by atoms with van der Waals surface area (Å²) >= 11 is 0. The number of rotatable bonds is 1. The normalized spacial score (nSPS) is 50.2. The third-order valence-corrected chi connectivity index (χ3v) is 9.10. The van der Waals surface area contributed by atoms with Crippen molar-refractivity contribution < 1.29 is 9.53 Å². The number of fused-ring (bicyclic) bond motifs is 6. The molecule has 0 N–H and O–H groups in total. The van der Waals surface area contributed by atoms with Crippen LogP contribution in [-0.2, 0) is 9.53 Å². The number of carbonyl (C=O) groups is 1. The van der Waals surface area contributed by atoms with Crippen molar-refractivity contribution in [3.63, 3.8) is 0 Å². The molecule has 0 unspecified atom stereocenters. The Hall–Kier alpha value is -1.15. The van der Waals surface area contributed by atoms with Gasteiger partial charge in [0.1, 0.15) is 0 Å². The molecule has 2 heteroatoms. The lowest BCUT2D eigenvalue weighted by Gasteiger charge is -2.58. The molecule has 1 spiro atoms. The smallest absolute Gasteiger partial charge is 0.155 e. The summed E-state index contributed by atoms with van der Waals surface area (Å²) in [6.07, 6.45) is 13.1. The summed E-state index contributed by atoms with van der Waals surface area (Å²) in [5.41, 5.74) is 2.92. The SMILES string of the molecule is C=C[C@H]1C[C@@]2(C)[C@@H](CC[C@]23OCCC3=C)[C@@H]2CCC3=CC(=O)CC[C@@H]3[C@H]21. The van der Waals surface area contributed by atoms with Crippen LogP contribution in [0.1, 0.15) is 58.3 Å². The van der Waals surface area contributed by atoms with Gasteiger partial charge in [0.15, 0.2) is 5.78 Å². The van der Waals surface area contributed by atoms with Crippen molar-refractivity contribution in [3.05, 3.63) is 36.5 Å². The molecule has 0 radical (unpaired) electrons. The second kappa shape index (κ2) is 5.67. The van der Waals surface area contributed by atoms with Gasteiger partial charge < -0.3 is 4.74 Å². The highest BCUT2D eigenvalue weighted by Gasteiger charge is 2.66. The summed E-state index contributed by atoms with van der Waals surface area (Å²) < 4.78 is 6.49. The van der Waals surface area contributed by atoms with Gasteiger partial charge >= 0.3 is 0 Å². The van der Waals surface area contributed by atoms with Gasteiger partial charge in [-0.25, -0.2) is 0 Å². The Morgan fingerprint density at radius 3 is 2.81 bits per heavy atom. The lowest BCUT2D eigenvalue weighted by Crippen LogP contribution is -2.55. The van der Waals surface area contributed by atoms with Gasteiger partial charge in [0.25, 0.3) is 0 Å². The summed E-state index contributed by atoms with van der Waals surface area (Å²) in [4.78, 5) is 11.9. The maximum Gasteiger partial charge on any atom is 0.155 e. The van der Waals surface area contributed by atoms with E-state index in [9.17, 15) is 4.79 Å². The number of hydrogen-bond acceptors (Lipinski definition) is 2. The minimum Gasteiger partial charge on any atom is -0.370 e. The van der Waals surface area contributed by atoms with Gasteiger partial charge in [-0.3, -0.25) is 4.79 Å². The maximum absolute atomic E-state index is 11.9. The van der Waals surface area contributed by atoms with E-state index in [0.29, 0.717) is 23.5 Å². The molecule has 0 bridgehead atoms. The molecule has 4 aliphatic carbocycles. The van der Waals surface area contributed by atoms with Crippen molar-refractivity contribution in [2.75, 3.05) is 6.61 Å². The Balaban J connectivity index is 1.55. The minimum absolute atomic E-state index is 0.0808. The summed E-state index contributed by atoms with van der Waals surface area (Å²) in [6, 6.07) is 0. The average molecular weight is 353 g/mol. The largest absolute Gasteiger partial charge is 0.370 e. The molecule has 0 aromatic carbocycles. The Morgan fingerprint density at radius 2 is 2.08 bits per heavy atom. The zero-order valence-corrected chi connectivity index (χ0v) is 16.1. The molecular weight excluding hydrogens is 320 g/mol. The molecular formula is C24H32O2. The predicted molar refractivity (Wildman–Crippen MR) is 104 cm³/mol. The van der Waals surface area contributed by atoms with E-state index in [1.165, 1.54) is 30.4 Å². The lowest BCUT2D eigenvalue weighted by atomic mass is 9.47. The molecule has 1 heterocycles. The Morgan fingerprint density at radius 1 is 1.23 bits per heavy atom. The predicted octanol–water partition coefficient (Wildman–Crippen LogP) is 5.26. The molecule has 1 aliphatic heterocycles. The van der Waals surface area contributed by atoms with Crippen LogP contribution in [0.2, 0.25) is 0 Å². The van der Waals surface area contributed by atoms with Gasteiger partial charge in [-0.15, -0.1) is 6.58 Å². The molecule has 5 aliphatic rings. The van der Waals surface area contributed by atoms with Gasteiger partial charge in [-0.2, -0.15) is 0 Å². The quantitative estimate of drug-likeness (QED) is 0.602. The third-order valence-electron chi connectivity index (χ3n) is 9.10. The van der Waals surface area contributed by atoms with E-state index >= 15 is 0 Å². The molecule has 7 atom stereocenters. The van der Waals surface area contributed by atoms with Crippen molar-refractivity contribution in [2.45, 2.75) is 63.9 Å². The minimum atomic E-state index is -0.0808. The van der Waals surface area contributed by atoms with E-state index in [2.05, 4.69) is 26.2 Å². The highest BCUT2D eigenvalue weighted by Crippen LogP contribution is 2.69. The van der Waals surface area contributed by atoms with Crippen molar-refractivity contribution in [1.82, 2.24) is 0 Å². The summed E-state index contributed by atoms with van der Waals surface area (Å²) in [7, 11) is 0. The van der Waals surface area contributed by atoms with Gasteiger partial charge in [0.2, 0.25) is 0 Å². The van der Waals surface area contributed by atoms with Crippen molar-refractivity contribution in [3.8, 4) is 0 Å². The van der Waals surface area contributed by atoms with Crippen LogP contribution in [0.15, 0.2) is 36.5 Å². The first-order valence-corrected chi connectivity index (χ1v) is 10.7. The van der Waals surface area contributed by atoms with Crippen LogP contribution in [0, 0.1) is 35.0 Å². The number of ketones is 1. The fraction of sp³-hybridized carbons (Fsp3) is 0.708. The lowest BCUT2D eigenvalue weighted by molar-refractivity contribution is -0.126. The Kier molecular flexibility index (Phi) is 3.71. The van der Waals surface area contributed by atoms with E-state index in [-0.39, 0.29) is 11.0 Å². The zero-order valence-electron chi connectivity index (χ0n) is 16.1. The molecule has 0 aromatic rings. The number of ether oxygens (including phenoxy) is 1. The monoisotopic (exact) mass is 352 g/mol. The third kappa shape index (κ3) is 2.00. The maximum atomic E-state index is 11.9. The van der Waals surface area contributed by atoms with Crippen molar-refractivity contribution in [1.29, 1.82) is 0 Å². The fourth-order valence-electron chi connectivity index (χ4n) is 8.08. The van der Waals surface area contributed by atoms with Crippen molar-refractivity contribution >= 4 is 5.78 Å². The van der Waals surface area contributed by atoms with Crippen LogP contribution >= 0.6 is 0 Å². The van der Waals surface area contributed by atoms with E-state index in [4.69, 9.17) is 4.74 Å². The first kappa shape index (κ1) is 17.0. The van der Waals surface area contributed by atoms with Gasteiger partial charge in [0.05, 0.1) is 12.2 Å². The van der Waals surface area contributed by atoms with Crippen LogP contribution in [0.4, 0.5) is 0 Å². The van der Waals surface area contributed by atoms with Gasteiger partial charge in [-0.05, 0) is 86.2 Å². The first-order chi connectivity index (χ1) is 12.5. The average Bonchev–Trinajstić information content (AvgIpc) is 3.15. The molecule has 0 aromatic heterocycles. The number of allylic oxidation sites excluding steroid dienone is 2. The molecule has 0 amide bonds. The van der Waals surface area contributed by atoms with E-state index in [0.717, 1.165) is 50.5 Å². The molecule has 3 saturated carbocycles. The molecule has 2 nitrogen and oxygen atoms in total. The highest BCUT2D eigenvalue weighted by molar-refractivity contribution is 5.91. The number of hydrogen-bond donors (Lipinski definition) is 0. The standard InChI is InChI=1S/C24H32O2/c1-4-16-14-23(3)21(9-11-24(23)15(2)10-12-26-24)20-7-5-17-13-18(25)6-8-19(17)22(16)20/h4,13,16,19-22H,1-2,5-12,14H2,3H3/t16-,19-,20-,21-,22+,23-,24+/m0/s1. The highest BCUT2D eigenvalue weighted by atomic mass is 16.5. The van der Waals surface area contributed by atoms with Crippen LogP contribution in [0.5, 0.6) is 0 Å². The van der Waals surface area contributed by atoms with Crippen LogP contribution < -0.4 is 0 Å². The summed E-state index contributed by atoms with van der Waals surface area (Å²) in [5, 5.41) is 0. The first-order valence-electron chi connectivity index (χ1n) is 10.7. The topological polar surface area (TPSA) is 26.3 Å². The summed E-state index contributed by atoms with van der Waals surface area (Å²) in [5.74, 6) is 3.67. The van der Waals surface area contributed by atoms with E-state index in [1.54, 1.807) is 0 Å². The second-order valence-electron chi connectivity index (χ2n) is 9.81. The molecule has 26 heavy (non-hydrogen) atoms. The van der Waals surface area contributed by atoms with E-state index < -0.39 is 0 Å².